The second-order valence-electron chi connectivity index (χ2n) is 4.89. The molecule has 8 heteroatoms. The Morgan fingerprint density at radius 2 is 2.25 bits per heavy atom. The molecule has 0 aliphatic carbocycles. The van der Waals surface area contributed by atoms with Crippen molar-refractivity contribution in [3.8, 4) is 0 Å². The van der Waals surface area contributed by atoms with Crippen LogP contribution in [0.15, 0.2) is 23.1 Å². The maximum atomic E-state index is 12.4. The first-order chi connectivity index (χ1) is 9.67. The summed E-state index contributed by atoms with van der Waals surface area (Å²) < 4.78 is 35.6. The Morgan fingerprint density at radius 1 is 1.35 bits per heavy atom. The number of benzene rings is 1. The van der Waals surface area contributed by atoms with E-state index in [0.29, 0.717) is 17.6 Å². The molecule has 6 nitrogen and oxygen atoms in total. The van der Waals surface area contributed by atoms with Gasteiger partial charge in [-0.15, -0.1) is 0 Å². The molecule has 0 spiro atoms. The van der Waals surface area contributed by atoms with Crippen LogP contribution in [0.1, 0.15) is 19.3 Å². The largest absolute Gasteiger partial charge is 0.313 e. The van der Waals surface area contributed by atoms with Gasteiger partial charge in [-0.2, -0.15) is 8.75 Å². The van der Waals surface area contributed by atoms with E-state index in [0.717, 1.165) is 37.5 Å². The minimum Gasteiger partial charge on any atom is -0.313 e. The van der Waals surface area contributed by atoms with Crippen LogP contribution in [0.25, 0.3) is 11.0 Å². The summed E-state index contributed by atoms with van der Waals surface area (Å²) in [6, 6.07) is 5.24. The summed E-state index contributed by atoms with van der Waals surface area (Å²) in [4.78, 5) is 0.208. The van der Waals surface area contributed by atoms with Crippen LogP contribution < -0.4 is 10.0 Å². The number of fused-ring (bicyclic) bond motifs is 1. The average molecular weight is 312 g/mol. The molecule has 2 heterocycles. The molecule has 2 aromatic rings. The van der Waals surface area contributed by atoms with Crippen LogP contribution in [0.2, 0.25) is 0 Å². The lowest BCUT2D eigenvalue weighted by molar-refractivity contribution is 0.398. The molecule has 3 rings (SSSR count). The van der Waals surface area contributed by atoms with Crippen molar-refractivity contribution >= 4 is 32.8 Å². The molecule has 1 aliphatic heterocycles. The van der Waals surface area contributed by atoms with E-state index in [1.807, 2.05) is 0 Å². The fourth-order valence-corrected chi connectivity index (χ4v) is 4.23. The highest BCUT2D eigenvalue weighted by atomic mass is 32.2. The third-order valence-electron chi connectivity index (χ3n) is 3.47. The van der Waals surface area contributed by atoms with Gasteiger partial charge in [-0.3, -0.25) is 0 Å². The first kappa shape index (κ1) is 13.9. The quantitative estimate of drug-likeness (QED) is 0.883. The number of hydrogen-bond donors (Lipinski definition) is 2. The van der Waals surface area contributed by atoms with Gasteiger partial charge < -0.3 is 5.32 Å². The molecular formula is C12H16N4O2S2. The second kappa shape index (κ2) is 5.72. The molecule has 1 aromatic heterocycles. The molecule has 1 aliphatic rings. The van der Waals surface area contributed by atoms with Crippen molar-refractivity contribution in [2.45, 2.75) is 30.2 Å². The average Bonchev–Trinajstić information content (AvgIpc) is 2.94. The summed E-state index contributed by atoms with van der Waals surface area (Å²) in [5.74, 6) is 0. The predicted molar refractivity (Wildman–Crippen MR) is 78.2 cm³/mol. The van der Waals surface area contributed by atoms with E-state index >= 15 is 0 Å². The van der Waals surface area contributed by atoms with Crippen molar-refractivity contribution in [3.05, 3.63) is 18.2 Å². The van der Waals surface area contributed by atoms with Crippen LogP contribution in [0.5, 0.6) is 0 Å². The Balaban J connectivity index is 1.79. The van der Waals surface area contributed by atoms with Gasteiger partial charge in [0.05, 0.1) is 11.7 Å². The van der Waals surface area contributed by atoms with Gasteiger partial charge in [0.15, 0.2) is 0 Å². The lowest BCUT2D eigenvalue weighted by Gasteiger charge is -2.23. The molecule has 20 heavy (non-hydrogen) atoms. The number of nitrogens with zero attached hydrogens (tertiary/aromatic N) is 2. The van der Waals surface area contributed by atoms with E-state index in [1.165, 1.54) is 0 Å². The van der Waals surface area contributed by atoms with Crippen LogP contribution in [-0.2, 0) is 10.0 Å². The zero-order valence-corrected chi connectivity index (χ0v) is 12.5. The van der Waals surface area contributed by atoms with Crippen molar-refractivity contribution in [2.75, 3.05) is 13.1 Å². The predicted octanol–water partition coefficient (Wildman–Crippen LogP) is 1.11. The van der Waals surface area contributed by atoms with E-state index in [4.69, 9.17) is 0 Å². The molecule has 0 bridgehead atoms. The third kappa shape index (κ3) is 2.83. The molecule has 1 atom stereocenters. The summed E-state index contributed by atoms with van der Waals surface area (Å²) in [6.45, 7) is 1.37. The smallest absolute Gasteiger partial charge is 0.242 e. The van der Waals surface area contributed by atoms with Crippen molar-refractivity contribution in [1.82, 2.24) is 18.8 Å². The number of aromatic nitrogens is 2. The maximum Gasteiger partial charge on any atom is 0.242 e. The number of nitrogens with one attached hydrogen (secondary N) is 2. The fraction of sp³-hybridized carbons (Fsp3) is 0.500. The topological polar surface area (TPSA) is 84.0 Å². The van der Waals surface area contributed by atoms with Crippen LogP contribution in [0.4, 0.5) is 0 Å². The maximum absolute atomic E-state index is 12.4. The molecule has 1 saturated heterocycles. The molecule has 108 valence electrons. The normalized spacial score (nSPS) is 20.3. The Kier molecular flexibility index (Phi) is 3.97. The van der Waals surface area contributed by atoms with Crippen LogP contribution in [-0.4, -0.2) is 36.3 Å². The Bertz CT molecular complexity index is 692. The second-order valence-corrected chi connectivity index (χ2v) is 7.15. The number of hydrogen-bond acceptors (Lipinski definition) is 6. The van der Waals surface area contributed by atoms with Gasteiger partial charge in [0.25, 0.3) is 0 Å². The van der Waals surface area contributed by atoms with E-state index < -0.39 is 10.0 Å². The molecule has 1 unspecified atom stereocenters. The SMILES string of the molecule is O=S(=O)(NCC1CCCCN1)c1cccc2nsnc12. The minimum absolute atomic E-state index is 0.208. The molecule has 0 radical (unpaired) electrons. The van der Waals surface area contributed by atoms with Crippen LogP contribution >= 0.6 is 11.7 Å². The third-order valence-corrected chi connectivity index (χ3v) is 5.47. The summed E-state index contributed by atoms with van der Waals surface area (Å²) in [5, 5.41) is 3.32. The monoisotopic (exact) mass is 312 g/mol. The van der Waals surface area contributed by atoms with Crippen molar-refractivity contribution in [3.63, 3.8) is 0 Å². The lowest BCUT2D eigenvalue weighted by Crippen LogP contribution is -2.43. The zero-order valence-electron chi connectivity index (χ0n) is 10.9. The van der Waals surface area contributed by atoms with Gasteiger partial charge in [-0.25, -0.2) is 13.1 Å². The van der Waals surface area contributed by atoms with Crippen LogP contribution in [0.3, 0.4) is 0 Å². The van der Waals surface area contributed by atoms with Crippen LogP contribution in [0, 0.1) is 0 Å². The molecule has 2 N–H and O–H groups in total. The van der Waals surface area contributed by atoms with E-state index in [2.05, 4.69) is 18.8 Å². The van der Waals surface area contributed by atoms with Gasteiger partial charge in [-0.1, -0.05) is 12.5 Å². The van der Waals surface area contributed by atoms with E-state index in [1.54, 1.807) is 18.2 Å². The first-order valence-electron chi connectivity index (χ1n) is 6.61. The molecule has 1 fully saturated rings. The number of rotatable bonds is 4. The number of sulfonamides is 1. The van der Waals surface area contributed by atoms with E-state index in [9.17, 15) is 8.42 Å². The summed E-state index contributed by atoms with van der Waals surface area (Å²) in [5.41, 5.74) is 1.07. The standard InChI is InChI=1S/C12H16N4O2S2/c17-20(18,14-8-9-4-1-2-7-13-9)11-6-3-5-10-12(11)16-19-15-10/h3,5-6,9,13-14H,1-2,4,7-8H2. The van der Waals surface area contributed by atoms with Crippen molar-refractivity contribution in [2.24, 2.45) is 0 Å². The number of piperidine rings is 1. The molecule has 0 amide bonds. The lowest BCUT2D eigenvalue weighted by atomic mass is 10.1. The van der Waals surface area contributed by atoms with Gasteiger partial charge in [-0.05, 0) is 31.5 Å². The van der Waals surface area contributed by atoms with Crippen molar-refractivity contribution in [1.29, 1.82) is 0 Å². The van der Waals surface area contributed by atoms with Crippen molar-refractivity contribution < 1.29 is 8.42 Å². The molecular weight excluding hydrogens is 296 g/mol. The molecule has 0 saturated carbocycles. The summed E-state index contributed by atoms with van der Waals surface area (Å²) >= 11 is 1.02. The Hall–Kier alpha value is -1.09. The summed E-state index contributed by atoms with van der Waals surface area (Å²) in [6.07, 6.45) is 3.31. The Morgan fingerprint density at radius 3 is 3.05 bits per heavy atom. The zero-order chi connectivity index (χ0) is 14.0. The van der Waals surface area contributed by atoms with Gasteiger partial charge in [0, 0.05) is 12.6 Å². The first-order valence-corrected chi connectivity index (χ1v) is 8.82. The Labute approximate surface area is 122 Å². The fourth-order valence-electron chi connectivity index (χ4n) is 2.38. The van der Waals surface area contributed by atoms with E-state index in [-0.39, 0.29) is 10.9 Å². The highest BCUT2D eigenvalue weighted by Crippen LogP contribution is 2.20. The highest BCUT2D eigenvalue weighted by molar-refractivity contribution is 7.89. The minimum atomic E-state index is -3.54. The van der Waals surface area contributed by atoms with Gasteiger partial charge >= 0.3 is 0 Å². The molecule has 1 aromatic carbocycles. The highest BCUT2D eigenvalue weighted by Gasteiger charge is 2.21. The van der Waals surface area contributed by atoms with Gasteiger partial charge in [0.2, 0.25) is 10.0 Å². The van der Waals surface area contributed by atoms with Gasteiger partial charge in [0.1, 0.15) is 15.9 Å². The summed E-state index contributed by atoms with van der Waals surface area (Å²) in [7, 11) is -3.54.